The Labute approximate surface area is 88.5 Å². The number of hydrogen-bond donors (Lipinski definition) is 0. The third-order valence-corrected chi connectivity index (χ3v) is 5.29. The summed E-state index contributed by atoms with van der Waals surface area (Å²) < 4.78 is 0. The van der Waals surface area contributed by atoms with E-state index in [4.69, 9.17) is 0 Å². The molecule has 80 valence electrons. The normalized spacial score (nSPS) is 39.4. The Hall–Kier alpha value is 0. The molecule has 0 heteroatoms. The van der Waals surface area contributed by atoms with Gasteiger partial charge in [0.15, 0.2) is 0 Å². The second kappa shape index (κ2) is 3.87. The van der Waals surface area contributed by atoms with Crippen LogP contribution < -0.4 is 0 Å². The van der Waals surface area contributed by atoms with Gasteiger partial charge in [-0.25, -0.2) is 0 Å². The maximum atomic E-state index is 1.61. The molecule has 0 N–H and O–H groups in total. The first-order valence-corrected chi connectivity index (χ1v) is 6.92. The van der Waals surface area contributed by atoms with Crippen molar-refractivity contribution in [3.05, 3.63) is 0 Å². The van der Waals surface area contributed by atoms with Crippen LogP contribution in [0.15, 0.2) is 0 Å². The molecule has 3 fully saturated rings. The molecule has 3 aliphatic carbocycles. The van der Waals surface area contributed by atoms with Gasteiger partial charge in [-0.05, 0) is 42.9 Å². The van der Waals surface area contributed by atoms with E-state index < -0.39 is 0 Å². The fourth-order valence-electron chi connectivity index (χ4n) is 3.87. The molecule has 0 amide bonds. The third-order valence-electron chi connectivity index (χ3n) is 5.29. The average Bonchev–Trinajstić information content (AvgIpc) is 2.42. The second-order valence-electron chi connectivity index (χ2n) is 6.16. The molecular weight excluding hydrogens is 168 g/mol. The summed E-state index contributed by atoms with van der Waals surface area (Å²) >= 11 is 0. The first kappa shape index (κ1) is 9.24. The van der Waals surface area contributed by atoms with Gasteiger partial charge in [-0.15, -0.1) is 0 Å². The average molecular weight is 192 g/mol. The predicted octanol–water partition coefficient (Wildman–Crippen LogP) is 4.39. The summed E-state index contributed by atoms with van der Waals surface area (Å²) in [5.74, 6) is 4.63. The van der Waals surface area contributed by atoms with Crippen LogP contribution in [0.25, 0.3) is 0 Å². The van der Waals surface area contributed by atoms with Gasteiger partial charge in [-0.3, -0.25) is 0 Å². The lowest BCUT2D eigenvalue weighted by Gasteiger charge is -2.32. The molecule has 14 heavy (non-hydrogen) atoms. The molecule has 0 radical (unpaired) electrons. The molecule has 0 spiro atoms. The molecular formula is C14H24. The van der Waals surface area contributed by atoms with Gasteiger partial charge >= 0.3 is 0 Å². The standard InChI is InChI=1S/C14H24/c1-3-11(4-1)9-12-7-8-14(10-12)13-5-2-6-13/h11-14H,1-10H2. The fraction of sp³-hybridized carbons (Fsp3) is 1.00. The summed E-state index contributed by atoms with van der Waals surface area (Å²) in [4.78, 5) is 0. The Balaban J connectivity index is 1.44. The molecule has 0 bridgehead atoms. The Morgan fingerprint density at radius 1 is 0.643 bits per heavy atom. The molecule has 3 rings (SSSR count). The summed E-state index contributed by atoms with van der Waals surface area (Å²) in [5.41, 5.74) is 0. The van der Waals surface area contributed by atoms with E-state index in [0.29, 0.717) is 0 Å². The van der Waals surface area contributed by atoms with Crippen LogP contribution in [-0.2, 0) is 0 Å². The van der Waals surface area contributed by atoms with Crippen molar-refractivity contribution in [2.75, 3.05) is 0 Å². The van der Waals surface area contributed by atoms with Crippen molar-refractivity contribution in [2.24, 2.45) is 23.7 Å². The second-order valence-corrected chi connectivity index (χ2v) is 6.16. The zero-order valence-corrected chi connectivity index (χ0v) is 9.38. The largest absolute Gasteiger partial charge is 0.0528 e. The van der Waals surface area contributed by atoms with Crippen molar-refractivity contribution in [1.29, 1.82) is 0 Å². The van der Waals surface area contributed by atoms with E-state index in [1.165, 1.54) is 18.8 Å². The van der Waals surface area contributed by atoms with Gasteiger partial charge in [0.2, 0.25) is 0 Å². The van der Waals surface area contributed by atoms with Gasteiger partial charge in [-0.1, -0.05) is 44.9 Å². The lowest BCUT2D eigenvalue weighted by molar-refractivity contribution is 0.195. The Morgan fingerprint density at radius 2 is 1.43 bits per heavy atom. The lowest BCUT2D eigenvalue weighted by Crippen LogP contribution is -2.20. The van der Waals surface area contributed by atoms with E-state index >= 15 is 0 Å². The fourth-order valence-corrected chi connectivity index (χ4v) is 3.87. The maximum absolute atomic E-state index is 1.61. The van der Waals surface area contributed by atoms with Gasteiger partial charge in [0.1, 0.15) is 0 Å². The van der Waals surface area contributed by atoms with E-state index in [2.05, 4.69) is 0 Å². The molecule has 2 atom stereocenters. The monoisotopic (exact) mass is 192 g/mol. The van der Waals surface area contributed by atoms with Crippen LogP contribution >= 0.6 is 0 Å². The van der Waals surface area contributed by atoms with Gasteiger partial charge in [-0.2, -0.15) is 0 Å². The molecule has 0 heterocycles. The molecule has 0 aromatic rings. The molecule has 3 saturated carbocycles. The number of rotatable bonds is 3. The van der Waals surface area contributed by atoms with Crippen molar-refractivity contribution < 1.29 is 0 Å². The summed E-state index contributed by atoms with van der Waals surface area (Å²) in [6, 6.07) is 0. The first-order chi connectivity index (χ1) is 6.92. The molecule has 0 aromatic heterocycles. The van der Waals surface area contributed by atoms with E-state index in [1.54, 1.807) is 51.4 Å². The van der Waals surface area contributed by atoms with Crippen molar-refractivity contribution in [1.82, 2.24) is 0 Å². The maximum Gasteiger partial charge on any atom is -0.0383 e. The zero-order valence-electron chi connectivity index (χ0n) is 9.38. The topological polar surface area (TPSA) is 0 Å². The van der Waals surface area contributed by atoms with Gasteiger partial charge in [0.25, 0.3) is 0 Å². The predicted molar refractivity (Wildman–Crippen MR) is 60.1 cm³/mol. The highest BCUT2D eigenvalue weighted by atomic mass is 14.4. The van der Waals surface area contributed by atoms with Gasteiger partial charge < -0.3 is 0 Å². The quantitative estimate of drug-likeness (QED) is 0.622. The highest BCUT2D eigenvalue weighted by Crippen LogP contribution is 2.47. The minimum atomic E-state index is 1.14. The third kappa shape index (κ3) is 1.73. The van der Waals surface area contributed by atoms with Crippen molar-refractivity contribution >= 4 is 0 Å². The molecule has 3 aliphatic rings. The molecule has 0 saturated heterocycles. The van der Waals surface area contributed by atoms with E-state index in [1.807, 2.05) is 0 Å². The van der Waals surface area contributed by atoms with Crippen molar-refractivity contribution in [3.8, 4) is 0 Å². The Kier molecular flexibility index (Phi) is 2.55. The SMILES string of the molecule is C1CC(CC2CCC(C3CCC3)C2)C1. The van der Waals surface area contributed by atoms with Crippen molar-refractivity contribution in [2.45, 2.75) is 64.2 Å². The minimum absolute atomic E-state index is 1.14. The molecule has 0 nitrogen and oxygen atoms in total. The Bertz CT molecular complexity index is 188. The lowest BCUT2D eigenvalue weighted by atomic mass is 9.74. The van der Waals surface area contributed by atoms with Crippen LogP contribution in [0.4, 0.5) is 0 Å². The smallest absolute Gasteiger partial charge is 0.0383 e. The molecule has 0 aliphatic heterocycles. The molecule has 2 unspecified atom stereocenters. The highest BCUT2D eigenvalue weighted by molar-refractivity contribution is 4.86. The van der Waals surface area contributed by atoms with E-state index in [-0.39, 0.29) is 0 Å². The zero-order chi connectivity index (χ0) is 9.38. The van der Waals surface area contributed by atoms with Crippen LogP contribution in [-0.4, -0.2) is 0 Å². The summed E-state index contributed by atoms with van der Waals surface area (Å²) in [5, 5.41) is 0. The van der Waals surface area contributed by atoms with E-state index in [0.717, 1.165) is 17.8 Å². The van der Waals surface area contributed by atoms with Gasteiger partial charge in [0, 0.05) is 0 Å². The van der Waals surface area contributed by atoms with Crippen LogP contribution in [0.3, 0.4) is 0 Å². The van der Waals surface area contributed by atoms with Crippen LogP contribution in [0.1, 0.15) is 64.2 Å². The summed E-state index contributed by atoms with van der Waals surface area (Å²) in [6.07, 6.45) is 15.7. The van der Waals surface area contributed by atoms with Crippen LogP contribution in [0, 0.1) is 23.7 Å². The highest BCUT2D eigenvalue weighted by Gasteiger charge is 2.35. The van der Waals surface area contributed by atoms with Crippen LogP contribution in [0.5, 0.6) is 0 Å². The number of hydrogen-bond acceptors (Lipinski definition) is 0. The summed E-state index contributed by atoms with van der Waals surface area (Å²) in [6.45, 7) is 0. The van der Waals surface area contributed by atoms with Crippen molar-refractivity contribution in [3.63, 3.8) is 0 Å². The van der Waals surface area contributed by atoms with Gasteiger partial charge in [0.05, 0.1) is 0 Å². The minimum Gasteiger partial charge on any atom is -0.0528 e. The van der Waals surface area contributed by atoms with Crippen LogP contribution in [0.2, 0.25) is 0 Å². The first-order valence-electron chi connectivity index (χ1n) is 6.92. The summed E-state index contributed by atoms with van der Waals surface area (Å²) in [7, 11) is 0. The molecule has 0 aromatic carbocycles. The van der Waals surface area contributed by atoms with E-state index in [9.17, 15) is 0 Å². The Morgan fingerprint density at radius 3 is 2.00 bits per heavy atom.